The third-order valence-corrected chi connectivity index (χ3v) is 5.50. The molecule has 2 aromatic carbocycles. The van der Waals surface area contributed by atoms with Crippen molar-refractivity contribution in [1.29, 1.82) is 0 Å². The first kappa shape index (κ1) is 17.1. The Bertz CT molecular complexity index is 710. The maximum absolute atomic E-state index is 6.17. The van der Waals surface area contributed by atoms with E-state index >= 15 is 0 Å². The highest BCUT2D eigenvalue weighted by atomic mass is 16.5. The number of benzene rings is 2. The van der Waals surface area contributed by atoms with E-state index in [1.54, 1.807) is 0 Å². The number of hydrogen-bond donors (Lipinski definition) is 0. The molecule has 0 atom stereocenters. The number of fused-ring (bicyclic) bond motifs is 1. The lowest BCUT2D eigenvalue weighted by molar-refractivity contribution is 0.308. The van der Waals surface area contributed by atoms with Crippen molar-refractivity contribution >= 4 is 0 Å². The lowest BCUT2D eigenvalue weighted by Crippen LogP contribution is -2.33. The third kappa shape index (κ3) is 3.09. The van der Waals surface area contributed by atoms with Crippen LogP contribution >= 0.6 is 0 Å². The molecule has 0 fully saturated rings. The summed E-state index contributed by atoms with van der Waals surface area (Å²) in [4.78, 5) is 0. The summed E-state index contributed by atoms with van der Waals surface area (Å²) < 4.78 is 6.17. The minimum atomic E-state index is 0.213. The van der Waals surface area contributed by atoms with Crippen LogP contribution in [0.2, 0.25) is 0 Å². The second kappa shape index (κ2) is 6.27. The van der Waals surface area contributed by atoms with Crippen LogP contribution in [0.1, 0.15) is 65.0 Å². The van der Waals surface area contributed by atoms with Gasteiger partial charge in [-0.25, -0.2) is 0 Å². The Hall–Kier alpha value is -1.76. The van der Waals surface area contributed by atoms with E-state index in [1.807, 2.05) is 0 Å². The van der Waals surface area contributed by atoms with Gasteiger partial charge in [0.05, 0.1) is 6.61 Å². The number of ether oxygens (including phenoxy) is 1. The van der Waals surface area contributed by atoms with Crippen molar-refractivity contribution in [3.05, 3.63) is 53.6 Å². The zero-order valence-corrected chi connectivity index (χ0v) is 15.8. The zero-order valence-electron chi connectivity index (χ0n) is 15.8. The van der Waals surface area contributed by atoms with Crippen molar-refractivity contribution in [2.75, 3.05) is 6.61 Å². The third-order valence-electron chi connectivity index (χ3n) is 5.50. The van der Waals surface area contributed by atoms with E-state index in [1.165, 1.54) is 35.1 Å². The van der Waals surface area contributed by atoms with Gasteiger partial charge in [-0.05, 0) is 58.9 Å². The van der Waals surface area contributed by atoms with E-state index in [0.717, 1.165) is 18.8 Å². The minimum absolute atomic E-state index is 0.213. The van der Waals surface area contributed by atoms with Crippen molar-refractivity contribution in [2.45, 2.75) is 64.7 Å². The van der Waals surface area contributed by atoms with Crippen LogP contribution in [-0.4, -0.2) is 6.61 Å². The average molecular weight is 322 g/mol. The Morgan fingerprint density at radius 3 is 2.04 bits per heavy atom. The van der Waals surface area contributed by atoms with Gasteiger partial charge in [-0.3, -0.25) is 0 Å². The number of rotatable bonds is 4. The van der Waals surface area contributed by atoms with E-state index in [0.29, 0.717) is 0 Å². The number of hydrogen-bond acceptors (Lipinski definition) is 1. The van der Waals surface area contributed by atoms with Gasteiger partial charge in [0.15, 0.2) is 0 Å². The van der Waals surface area contributed by atoms with E-state index in [2.05, 4.69) is 77.1 Å². The molecule has 128 valence electrons. The van der Waals surface area contributed by atoms with E-state index in [9.17, 15) is 0 Å². The molecule has 0 spiro atoms. The SMILES string of the molecule is CCCOc1cc2c(cc1-c1ccccc1)C(C)(C)CCC2(C)C. The Labute approximate surface area is 147 Å². The Morgan fingerprint density at radius 1 is 0.875 bits per heavy atom. The highest BCUT2D eigenvalue weighted by molar-refractivity contribution is 5.73. The Kier molecular flexibility index (Phi) is 4.46. The molecule has 0 saturated heterocycles. The van der Waals surface area contributed by atoms with Gasteiger partial charge in [0.1, 0.15) is 5.75 Å². The summed E-state index contributed by atoms with van der Waals surface area (Å²) in [5, 5.41) is 0. The molecule has 0 saturated carbocycles. The lowest BCUT2D eigenvalue weighted by atomic mass is 9.62. The Morgan fingerprint density at radius 2 is 1.46 bits per heavy atom. The molecule has 0 heterocycles. The quantitative estimate of drug-likeness (QED) is 0.625. The van der Waals surface area contributed by atoms with Gasteiger partial charge < -0.3 is 4.74 Å². The van der Waals surface area contributed by atoms with Gasteiger partial charge >= 0.3 is 0 Å². The molecule has 0 aliphatic heterocycles. The summed E-state index contributed by atoms with van der Waals surface area (Å²) in [6.45, 7) is 12.4. The van der Waals surface area contributed by atoms with Crippen LogP contribution in [0.15, 0.2) is 42.5 Å². The molecule has 24 heavy (non-hydrogen) atoms. The van der Waals surface area contributed by atoms with Crippen LogP contribution in [0.5, 0.6) is 5.75 Å². The summed E-state index contributed by atoms with van der Waals surface area (Å²) in [5.74, 6) is 1.03. The molecule has 2 aromatic rings. The summed E-state index contributed by atoms with van der Waals surface area (Å²) in [6.07, 6.45) is 3.49. The van der Waals surface area contributed by atoms with Gasteiger partial charge in [-0.1, -0.05) is 65.0 Å². The first-order valence-electron chi connectivity index (χ1n) is 9.22. The highest BCUT2D eigenvalue weighted by Crippen LogP contribution is 2.49. The van der Waals surface area contributed by atoms with Crippen molar-refractivity contribution < 1.29 is 4.74 Å². The van der Waals surface area contributed by atoms with Crippen LogP contribution in [0.25, 0.3) is 11.1 Å². The monoisotopic (exact) mass is 322 g/mol. The second-order valence-electron chi connectivity index (χ2n) is 8.38. The van der Waals surface area contributed by atoms with Crippen LogP contribution in [-0.2, 0) is 10.8 Å². The molecule has 1 aliphatic carbocycles. The molecular formula is C23H30O. The van der Waals surface area contributed by atoms with Crippen LogP contribution in [0, 0.1) is 0 Å². The summed E-state index contributed by atoms with van der Waals surface area (Å²) in [5.41, 5.74) is 5.85. The fourth-order valence-electron chi connectivity index (χ4n) is 3.77. The smallest absolute Gasteiger partial charge is 0.127 e. The molecular weight excluding hydrogens is 292 g/mol. The summed E-state index contributed by atoms with van der Waals surface area (Å²) in [7, 11) is 0. The normalized spacial score (nSPS) is 18.0. The second-order valence-corrected chi connectivity index (χ2v) is 8.38. The topological polar surface area (TPSA) is 9.23 Å². The molecule has 3 rings (SSSR count). The summed E-state index contributed by atoms with van der Waals surface area (Å²) in [6, 6.07) is 15.4. The zero-order chi connectivity index (χ0) is 17.4. The Balaban J connectivity index is 2.21. The predicted octanol–water partition coefficient (Wildman–Crippen LogP) is 6.49. The van der Waals surface area contributed by atoms with Gasteiger partial charge in [0.25, 0.3) is 0 Å². The fraction of sp³-hybridized carbons (Fsp3) is 0.478. The van der Waals surface area contributed by atoms with Crippen molar-refractivity contribution in [2.24, 2.45) is 0 Å². The molecule has 1 aliphatic rings. The predicted molar refractivity (Wildman–Crippen MR) is 103 cm³/mol. The first-order chi connectivity index (χ1) is 11.3. The average Bonchev–Trinajstić information content (AvgIpc) is 2.57. The maximum atomic E-state index is 6.17. The van der Waals surface area contributed by atoms with Crippen LogP contribution < -0.4 is 4.74 Å². The maximum Gasteiger partial charge on any atom is 0.127 e. The molecule has 0 amide bonds. The van der Waals surface area contributed by atoms with Crippen molar-refractivity contribution in [3.63, 3.8) is 0 Å². The van der Waals surface area contributed by atoms with E-state index in [4.69, 9.17) is 4.74 Å². The van der Waals surface area contributed by atoms with Gasteiger partial charge in [0.2, 0.25) is 0 Å². The van der Waals surface area contributed by atoms with Crippen LogP contribution in [0.4, 0.5) is 0 Å². The van der Waals surface area contributed by atoms with Gasteiger partial charge in [-0.15, -0.1) is 0 Å². The molecule has 0 radical (unpaired) electrons. The lowest BCUT2D eigenvalue weighted by Gasteiger charge is -2.42. The van der Waals surface area contributed by atoms with Gasteiger partial charge in [0, 0.05) is 5.56 Å². The largest absolute Gasteiger partial charge is 0.493 e. The van der Waals surface area contributed by atoms with Gasteiger partial charge in [-0.2, -0.15) is 0 Å². The molecule has 1 nitrogen and oxygen atoms in total. The summed E-state index contributed by atoms with van der Waals surface area (Å²) >= 11 is 0. The van der Waals surface area contributed by atoms with Crippen LogP contribution in [0.3, 0.4) is 0 Å². The molecule has 0 aromatic heterocycles. The van der Waals surface area contributed by atoms with Crippen molar-refractivity contribution in [1.82, 2.24) is 0 Å². The molecule has 1 heteroatoms. The minimum Gasteiger partial charge on any atom is -0.493 e. The van der Waals surface area contributed by atoms with Crippen molar-refractivity contribution in [3.8, 4) is 16.9 Å². The standard InChI is InChI=1S/C23H30O/c1-6-14-24-21-16-20-19(22(2,3)12-13-23(20,4)5)15-18(21)17-10-8-7-9-11-17/h7-11,15-16H,6,12-14H2,1-5H3. The van der Waals surface area contributed by atoms with E-state index < -0.39 is 0 Å². The fourth-order valence-corrected chi connectivity index (χ4v) is 3.77. The highest BCUT2D eigenvalue weighted by Gasteiger charge is 2.38. The molecule has 0 N–H and O–H groups in total. The molecule has 0 unspecified atom stereocenters. The van der Waals surface area contributed by atoms with E-state index in [-0.39, 0.29) is 10.8 Å². The first-order valence-corrected chi connectivity index (χ1v) is 9.22. The molecule has 0 bridgehead atoms.